The molecule has 11 heteroatoms. The molecule has 35 heavy (non-hydrogen) atoms. The van der Waals surface area contributed by atoms with Crippen LogP contribution in [0.5, 0.6) is 0 Å². The molecule has 0 unspecified atom stereocenters. The van der Waals surface area contributed by atoms with E-state index in [0.29, 0.717) is 28.4 Å². The molecule has 0 saturated carbocycles. The minimum Gasteiger partial charge on any atom is -0.432 e. The van der Waals surface area contributed by atoms with E-state index >= 15 is 0 Å². The number of carbonyl (C=O) groups is 1. The Bertz CT molecular complexity index is 1610. The van der Waals surface area contributed by atoms with E-state index in [2.05, 4.69) is 52.6 Å². The van der Waals surface area contributed by atoms with E-state index in [1.807, 2.05) is 24.3 Å². The van der Waals surface area contributed by atoms with Crippen LogP contribution < -0.4 is 10.6 Å². The van der Waals surface area contributed by atoms with Crippen molar-refractivity contribution in [2.75, 3.05) is 5.32 Å². The maximum Gasteiger partial charge on any atom is 0.311 e. The van der Waals surface area contributed by atoms with E-state index in [9.17, 15) is 4.79 Å². The van der Waals surface area contributed by atoms with Gasteiger partial charge in [0, 0.05) is 34.7 Å². The summed E-state index contributed by atoms with van der Waals surface area (Å²) in [5.74, 6) is 0.564. The zero-order valence-electron chi connectivity index (χ0n) is 18.6. The lowest BCUT2D eigenvalue weighted by molar-refractivity contribution is 0.0934. The molecule has 0 spiro atoms. The van der Waals surface area contributed by atoms with Crippen molar-refractivity contribution in [2.24, 2.45) is 10.2 Å². The summed E-state index contributed by atoms with van der Waals surface area (Å²) in [6, 6.07) is 13.0. The topological polar surface area (TPSA) is 146 Å². The lowest BCUT2D eigenvalue weighted by atomic mass is 10.2. The van der Waals surface area contributed by atoms with Crippen molar-refractivity contribution in [3.8, 4) is 11.4 Å². The second-order valence-corrected chi connectivity index (χ2v) is 7.44. The Balaban J connectivity index is 1.36. The van der Waals surface area contributed by atoms with Gasteiger partial charge in [0.25, 0.3) is 5.89 Å². The van der Waals surface area contributed by atoms with Gasteiger partial charge >= 0.3 is 5.91 Å². The van der Waals surface area contributed by atoms with Crippen molar-refractivity contribution in [1.82, 2.24) is 30.5 Å². The lowest BCUT2D eigenvalue weighted by Crippen LogP contribution is -2.21. The molecule has 0 aliphatic carbocycles. The van der Waals surface area contributed by atoms with Gasteiger partial charge in [-0.15, -0.1) is 0 Å². The highest BCUT2D eigenvalue weighted by molar-refractivity contribution is 5.94. The maximum atomic E-state index is 12.5. The molecule has 0 aliphatic heterocycles. The van der Waals surface area contributed by atoms with E-state index < -0.39 is 5.91 Å². The van der Waals surface area contributed by atoms with Crippen LogP contribution in [-0.4, -0.2) is 31.1 Å². The van der Waals surface area contributed by atoms with E-state index in [4.69, 9.17) is 4.42 Å². The fraction of sp³-hybridized carbons (Fsp3) is 0.0417. The number of anilines is 2. The van der Waals surface area contributed by atoms with Crippen LogP contribution in [0, 0.1) is 0 Å². The first kappa shape index (κ1) is 21.6. The van der Waals surface area contributed by atoms with Gasteiger partial charge in [0.05, 0.1) is 17.9 Å². The van der Waals surface area contributed by atoms with Crippen LogP contribution in [0.3, 0.4) is 0 Å². The number of azo groups is 1. The Labute approximate surface area is 198 Å². The predicted octanol–water partition coefficient (Wildman–Crippen LogP) is 5.09. The van der Waals surface area contributed by atoms with Gasteiger partial charge in [-0.1, -0.05) is 6.58 Å². The number of benzene rings is 2. The van der Waals surface area contributed by atoms with Crippen molar-refractivity contribution in [1.29, 1.82) is 0 Å². The van der Waals surface area contributed by atoms with Crippen LogP contribution in [0.1, 0.15) is 17.6 Å². The number of fused-ring (bicyclic) bond motifs is 2. The van der Waals surface area contributed by atoms with Gasteiger partial charge in [0.1, 0.15) is 11.3 Å². The molecular formula is C24H19N9O2. The van der Waals surface area contributed by atoms with Crippen molar-refractivity contribution >= 4 is 39.4 Å². The first-order valence-corrected chi connectivity index (χ1v) is 10.5. The van der Waals surface area contributed by atoms with Crippen molar-refractivity contribution in [3.63, 3.8) is 0 Å². The summed E-state index contributed by atoms with van der Waals surface area (Å²) in [6.45, 7) is 5.11. The van der Waals surface area contributed by atoms with Crippen LogP contribution in [0.15, 0.2) is 94.2 Å². The third-order valence-corrected chi connectivity index (χ3v) is 4.92. The number of allylic oxidation sites excluding steroid dienone is 1. The van der Waals surface area contributed by atoms with Crippen LogP contribution in [0.2, 0.25) is 0 Å². The number of hydrogen-bond donors (Lipinski definition) is 3. The zero-order chi connectivity index (χ0) is 24.2. The number of aromatic nitrogens is 5. The molecule has 5 rings (SSSR count). The first-order chi connectivity index (χ1) is 17.1. The van der Waals surface area contributed by atoms with E-state index in [0.717, 1.165) is 22.2 Å². The number of amides is 1. The van der Waals surface area contributed by atoms with Gasteiger partial charge in [-0.2, -0.15) is 15.3 Å². The normalized spacial score (nSPS) is 11.9. The molecule has 3 aromatic heterocycles. The van der Waals surface area contributed by atoms with Gasteiger partial charge < -0.3 is 15.1 Å². The van der Waals surface area contributed by atoms with Crippen LogP contribution in [0.4, 0.5) is 11.5 Å². The molecule has 2 aromatic carbocycles. The molecule has 5 aromatic rings. The third-order valence-electron chi connectivity index (χ3n) is 4.92. The largest absolute Gasteiger partial charge is 0.432 e. The number of nitrogens with zero attached hydrogens (tertiary/aromatic N) is 6. The average molecular weight is 465 g/mol. The Morgan fingerprint density at radius 2 is 2.06 bits per heavy atom. The molecule has 1 amide bonds. The summed E-state index contributed by atoms with van der Waals surface area (Å²) in [5, 5.41) is 21.2. The maximum absolute atomic E-state index is 12.5. The summed E-state index contributed by atoms with van der Waals surface area (Å²) in [6.07, 6.45) is 6.12. The third kappa shape index (κ3) is 4.78. The Kier molecular flexibility index (Phi) is 5.78. The van der Waals surface area contributed by atoms with E-state index in [-0.39, 0.29) is 5.89 Å². The van der Waals surface area contributed by atoms with Crippen molar-refractivity contribution in [2.45, 2.75) is 6.92 Å². The molecule has 3 N–H and O–H groups in total. The molecule has 11 nitrogen and oxygen atoms in total. The molecule has 0 radical (unpaired) electrons. The number of carbonyl (C=O) groups excluding carboxylic acids is 1. The summed E-state index contributed by atoms with van der Waals surface area (Å²) in [7, 11) is 0. The first-order valence-electron chi connectivity index (χ1n) is 10.5. The smallest absolute Gasteiger partial charge is 0.311 e. The monoisotopic (exact) mass is 465 g/mol. The number of hydrogen-bond acceptors (Lipinski definition) is 9. The Morgan fingerprint density at radius 3 is 2.94 bits per heavy atom. The minimum absolute atomic E-state index is 0.0727. The molecule has 3 heterocycles. The molecule has 0 fully saturated rings. The summed E-state index contributed by atoms with van der Waals surface area (Å²) in [5.41, 5.74) is 4.02. The Hall–Kier alpha value is -5.19. The van der Waals surface area contributed by atoms with E-state index in [1.165, 1.54) is 12.4 Å². The molecule has 172 valence electrons. The molecule has 0 saturated heterocycles. The van der Waals surface area contributed by atoms with Gasteiger partial charge in [0.15, 0.2) is 11.4 Å². The summed E-state index contributed by atoms with van der Waals surface area (Å²) < 4.78 is 5.60. The molecule has 0 aliphatic rings. The second-order valence-electron chi connectivity index (χ2n) is 7.44. The number of rotatable bonds is 7. The summed E-state index contributed by atoms with van der Waals surface area (Å²) >= 11 is 0. The van der Waals surface area contributed by atoms with Crippen LogP contribution in [-0.2, 0) is 0 Å². The quantitative estimate of drug-likeness (QED) is 0.284. The number of oxazole rings is 1. The fourth-order valence-electron chi connectivity index (χ4n) is 3.33. The van der Waals surface area contributed by atoms with Crippen molar-refractivity contribution in [3.05, 3.63) is 85.4 Å². The molecule has 0 bridgehead atoms. The number of H-pyrrole nitrogens is 1. The highest BCUT2D eigenvalue weighted by atomic mass is 16.4. The molecule has 0 atom stereocenters. The highest BCUT2D eigenvalue weighted by Gasteiger charge is 2.16. The number of nitrogens with one attached hydrogen (secondary N) is 3. The lowest BCUT2D eigenvalue weighted by Gasteiger charge is -2.07. The average Bonchev–Trinajstić information content (AvgIpc) is 3.50. The number of aromatic amines is 1. The highest BCUT2D eigenvalue weighted by Crippen LogP contribution is 2.25. The minimum atomic E-state index is -0.498. The predicted molar refractivity (Wildman–Crippen MR) is 131 cm³/mol. The standard InChI is InChI=1S/C24H19N9O2/c1-3-26-27-12-14(2)29-23(34)24-31-19-11-15(4-7-20(19)35-24)22-25-9-8-21(32-22)30-17-5-6-18-16(10-17)13-28-33-18/h3-13H,1H2,2H3,(H,28,33)(H,29,34)(H,25,30,32)/b14-12+,27-26-. The molecular weight excluding hydrogens is 446 g/mol. The van der Waals surface area contributed by atoms with Gasteiger partial charge in [-0.3, -0.25) is 9.89 Å². The van der Waals surface area contributed by atoms with E-state index in [1.54, 1.807) is 37.5 Å². The van der Waals surface area contributed by atoms with Crippen LogP contribution >= 0.6 is 0 Å². The summed E-state index contributed by atoms with van der Waals surface area (Å²) in [4.78, 5) is 25.8. The second kappa shape index (κ2) is 9.35. The van der Waals surface area contributed by atoms with Crippen LogP contribution in [0.25, 0.3) is 33.4 Å². The SMILES string of the molecule is C=C/N=N\C=C(/C)NC(=O)c1nc2cc(-c3nccc(Nc4ccc5[nH]ncc5c4)n3)ccc2o1. The van der Waals surface area contributed by atoms with Gasteiger partial charge in [0.2, 0.25) is 0 Å². The van der Waals surface area contributed by atoms with Crippen molar-refractivity contribution < 1.29 is 9.21 Å². The fourth-order valence-corrected chi connectivity index (χ4v) is 3.33. The van der Waals surface area contributed by atoms with Gasteiger partial charge in [-0.05, 0) is 49.4 Å². The Morgan fingerprint density at radius 1 is 1.14 bits per heavy atom. The zero-order valence-corrected chi connectivity index (χ0v) is 18.6. The van der Waals surface area contributed by atoms with Gasteiger partial charge in [-0.25, -0.2) is 15.0 Å².